The Morgan fingerprint density at radius 1 is 1.22 bits per heavy atom. The van der Waals surface area contributed by atoms with Gasteiger partial charge in [-0.3, -0.25) is 9.48 Å². The molecule has 2 heterocycles. The summed E-state index contributed by atoms with van der Waals surface area (Å²) in [4.78, 5) is 12.4. The van der Waals surface area contributed by atoms with Crippen molar-refractivity contribution in [2.45, 2.75) is 64.1 Å². The Morgan fingerprint density at radius 2 is 1.96 bits per heavy atom. The van der Waals surface area contributed by atoms with E-state index >= 15 is 0 Å². The van der Waals surface area contributed by atoms with Gasteiger partial charge in [0.1, 0.15) is 0 Å². The molecule has 1 aliphatic rings. The summed E-state index contributed by atoms with van der Waals surface area (Å²) in [6, 6.07) is 4.61. The molecule has 0 spiro atoms. The van der Waals surface area contributed by atoms with Gasteiger partial charge in [-0.05, 0) is 58.6 Å². The first-order chi connectivity index (χ1) is 10.9. The molecule has 0 aromatic carbocycles. The molecule has 2 aromatic rings. The van der Waals surface area contributed by atoms with Crippen LogP contribution in [0, 0.1) is 0 Å². The SMILES string of the molecule is CC(C)(C)n1ccc(C(=O)NC2CCC(n3cccn3)CC2)c1. The highest BCUT2D eigenvalue weighted by molar-refractivity contribution is 5.94. The molecule has 0 atom stereocenters. The summed E-state index contributed by atoms with van der Waals surface area (Å²) in [5, 5.41) is 7.51. The number of nitrogens with one attached hydrogen (secondary N) is 1. The largest absolute Gasteiger partial charge is 0.349 e. The molecular formula is C18H26N4O. The Bertz CT molecular complexity index is 643. The topological polar surface area (TPSA) is 51.9 Å². The van der Waals surface area contributed by atoms with Crippen molar-refractivity contribution in [2.24, 2.45) is 0 Å². The highest BCUT2D eigenvalue weighted by atomic mass is 16.1. The fraction of sp³-hybridized carbons (Fsp3) is 0.556. The van der Waals surface area contributed by atoms with Crippen LogP contribution in [0.25, 0.3) is 0 Å². The Morgan fingerprint density at radius 3 is 2.52 bits per heavy atom. The molecular weight excluding hydrogens is 288 g/mol. The van der Waals surface area contributed by atoms with Gasteiger partial charge in [0.15, 0.2) is 0 Å². The van der Waals surface area contributed by atoms with E-state index in [1.165, 1.54) is 0 Å². The number of nitrogens with zero attached hydrogens (tertiary/aromatic N) is 3. The van der Waals surface area contributed by atoms with E-state index in [4.69, 9.17) is 0 Å². The van der Waals surface area contributed by atoms with Gasteiger partial charge >= 0.3 is 0 Å². The molecule has 5 nitrogen and oxygen atoms in total. The Hall–Kier alpha value is -2.04. The smallest absolute Gasteiger partial charge is 0.253 e. The molecule has 5 heteroatoms. The van der Waals surface area contributed by atoms with Crippen LogP contribution in [0.1, 0.15) is 62.9 Å². The maximum Gasteiger partial charge on any atom is 0.253 e. The van der Waals surface area contributed by atoms with Gasteiger partial charge in [-0.25, -0.2) is 0 Å². The summed E-state index contributed by atoms with van der Waals surface area (Å²) >= 11 is 0. The molecule has 2 aromatic heterocycles. The van der Waals surface area contributed by atoms with Crippen LogP contribution < -0.4 is 5.32 Å². The van der Waals surface area contributed by atoms with E-state index in [1.807, 2.05) is 41.6 Å². The third kappa shape index (κ3) is 3.66. The maximum atomic E-state index is 12.4. The molecule has 0 radical (unpaired) electrons. The minimum Gasteiger partial charge on any atom is -0.349 e. The number of hydrogen-bond acceptors (Lipinski definition) is 2. The molecule has 23 heavy (non-hydrogen) atoms. The van der Waals surface area contributed by atoms with Crippen molar-refractivity contribution in [3.63, 3.8) is 0 Å². The van der Waals surface area contributed by atoms with Gasteiger partial charge in [-0.1, -0.05) is 0 Å². The third-order valence-electron chi connectivity index (χ3n) is 4.66. The molecule has 124 valence electrons. The normalized spacial score (nSPS) is 22.0. The van der Waals surface area contributed by atoms with E-state index in [-0.39, 0.29) is 17.5 Å². The lowest BCUT2D eigenvalue weighted by molar-refractivity contribution is 0.0921. The molecule has 1 amide bonds. The predicted octanol–water partition coefficient (Wildman–Crippen LogP) is 3.35. The van der Waals surface area contributed by atoms with E-state index in [0.29, 0.717) is 6.04 Å². The van der Waals surface area contributed by atoms with Crippen LogP contribution in [0.2, 0.25) is 0 Å². The first kappa shape index (κ1) is 15.8. The molecule has 0 aliphatic heterocycles. The second-order valence-corrected chi connectivity index (χ2v) is 7.44. The zero-order chi connectivity index (χ0) is 16.4. The molecule has 1 aliphatic carbocycles. The Labute approximate surface area is 137 Å². The van der Waals surface area contributed by atoms with E-state index in [1.54, 1.807) is 0 Å². The van der Waals surface area contributed by atoms with Crippen molar-refractivity contribution < 1.29 is 4.79 Å². The van der Waals surface area contributed by atoms with Gasteiger partial charge in [0.2, 0.25) is 0 Å². The number of amides is 1. The van der Waals surface area contributed by atoms with Crippen molar-refractivity contribution in [3.8, 4) is 0 Å². The van der Waals surface area contributed by atoms with Gasteiger partial charge in [-0.15, -0.1) is 0 Å². The van der Waals surface area contributed by atoms with Crippen molar-refractivity contribution in [1.82, 2.24) is 19.7 Å². The summed E-state index contributed by atoms with van der Waals surface area (Å²) in [6.07, 6.45) is 11.9. The van der Waals surface area contributed by atoms with Gasteiger partial charge in [0.25, 0.3) is 5.91 Å². The van der Waals surface area contributed by atoms with Crippen LogP contribution in [0.4, 0.5) is 0 Å². The quantitative estimate of drug-likeness (QED) is 0.944. The van der Waals surface area contributed by atoms with Crippen LogP contribution in [0.3, 0.4) is 0 Å². The van der Waals surface area contributed by atoms with Crippen molar-refractivity contribution in [1.29, 1.82) is 0 Å². The summed E-state index contributed by atoms with van der Waals surface area (Å²) in [5.41, 5.74) is 0.745. The fourth-order valence-corrected chi connectivity index (χ4v) is 3.20. The van der Waals surface area contributed by atoms with E-state index in [0.717, 1.165) is 31.2 Å². The molecule has 0 saturated heterocycles. The Kier molecular flexibility index (Phi) is 4.28. The lowest BCUT2D eigenvalue weighted by Gasteiger charge is -2.29. The average molecular weight is 314 g/mol. The van der Waals surface area contributed by atoms with Crippen LogP contribution >= 0.6 is 0 Å². The van der Waals surface area contributed by atoms with Gasteiger partial charge in [0.05, 0.1) is 11.6 Å². The number of carbonyl (C=O) groups is 1. The van der Waals surface area contributed by atoms with E-state index in [2.05, 4.69) is 35.8 Å². The van der Waals surface area contributed by atoms with E-state index in [9.17, 15) is 4.79 Å². The minimum atomic E-state index is 0.000351. The highest BCUT2D eigenvalue weighted by Gasteiger charge is 2.24. The number of carbonyl (C=O) groups excluding carboxylic acids is 1. The van der Waals surface area contributed by atoms with Crippen LogP contribution in [0.15, 0.2) is 36.9 Å². The second kappa shape index (κ2) is 6.22. The van der Waals surface area contributed by atoms with Crippen LogP contribution in [-0.4, -0.2) is 26.3 Å². The number of hydrogen-bond donors (Lipinski definition) is 1. The lowest BCUT2D eigenvalue weighted by Crippen LogP contribution is -2.38. The molecule has 1 fully saturated rings. The molecule has 1 N–H and O–H groups in total. The molecule has 3 rings (SSSR count). The standard InChI is InChI=1S/C18H26N4O/c1-18(2,3)21-12-9-14(13-21)17(23)20-15-5-7-16(8-6-15)22-11-4-10-19-22/h4,9-13,15-16H,5-8H2,1-3H3,(H,20,23). The molecule has 0 unspecified atom stereocenters. The first-order valence-electron chi connectivity index (χ1n) is 8.42. The molecule has 0 bridgehead atoms. The molecule has 1 saturated carbocycles. The zero-order valence-corrected chi connectivity index (χ0v) is 14.2. The van der Waals surface area contributed by atoms with Gasteiger partial charge in [0, 0.05) is 36.4 Å². The predicted molar refractivity (Wildman–Crippen MR) is 90.4 cm³/mol. The second-order valence-electron chi connectivity index (χ2n) is 7.44. The maximum absolute atomic E-state index is 12.4. The van der Waals surface area contributed by atoms with Crippen molar-refractivity contribution >= 4 is 5.91 Å². The third-order valence-corrected chi connectivity index (χ3v) is 4.66. The monoisotopic (exact) mass is 314 g/mol. The lowest BCUT2D eigenvalue weighted by atomic mass is 9.91. The van der Waals surface area contributed by atoms with Crippen LogP contribution in [0.5, 0.6) is 0 Å². The van der Waals surface area contributed by atoms with Crippen molar-refractivity contribution in [2.75, 3.05) is 0 Å². The summed E-state index contributed by atoms with van der Waals surface area (Å²) < 4.78 is 4.12. The summed E-state index contributed by atoms with van der Waals surface area (Å²) in [6.45, 7) is 6.39. The van der Waals surface area contributed by atoms with Gasteiger partial charge < -0.3 is 9.88 Å². The van der Waals surface area contributed by atoms with Crippen molar-refractivity contribution in [3.05, 3.63) is 42.5 Å². The highest BCUT2D eigenvalue weighted by Crippen LogP contribution is 2.28. The van der Waals surface area contributed by atoms with Crippen LogP contribution in [-0.2, 0) is 5.54 Å². The number of rotatable bonds is 3. The van der Waals surface area contributed by atoms with Gasteiger partial charge in [-0.2, -0.15) is 5.10 Å². The average Bonchev–Trinajstić information content (AvgIpc) is 3.19. The van der Waals surface area contributed by atoms with E-state index < -0.39 is 0 Å². The Balaban J connectivity index is 1.54. The summed E-state index contributed by atoms with van der Waals surface area (Å²) in [5.74, 6) is 0.0375. The number of aromatic nitrogens is 3. The first-order valence-corrected chi connectivity index (χ1v) is 8.42. The summed E-state index contributed by atoms with van der Waals surface area (Å²) in [7, 11) is 0. The zero-order valence-electron chi connectivity index (χ0n) is 14.2. The fourth-order valence-electron chi connectivity index (χ4n) is 3.20. The minimum absolute atomic E-state index is 0.000351.